The Morgan fingerprint density at radius 3 is 2.64 bits per heavy atom. The number of ether oxygens (including phenoxy) is 3. The molecule has 8 heteroatoms. The Balaban J connectivity index is 1.49. The van der Waals surface area contributed by atoms with Crippen molar-refractivity contribution >= 4 is 29.1 Å². The summed E-state index contributed by atoms with van der Waals surface area (Å²) in [5.74, 6) is -0.897. The molecule has 0 radical (unpaired) electrons. The van der Waals surface area contributed by atoms with Crippen molar-refractivity contribution in [2.24, 2.45) is 0 Å². The second-order valence-electron chi connectivity index (χ2n) is 9.43. The van der Waals surface area contributed by atoms with Crippen LogP contribution in [0.2, 0.25) is 0 Å². The van der Waals surface area contributed by atoms with Gasteiger partial charge < -0.3 is 19.5 Å². The number of allylic oxidation sites excluding steroid dienone is 3. The zero-order chi connectivity index (χ0) is 25.2. The van der Waals surface area contributed by atoms with Crippen molar-refractivity contribution in [3.05, 3.63) is 74.8 Å². The van der Waals surface area contributed by atoms with Crippen molar-refractivity contribution in [2.45, 2.75) is 57.5 Å². The molecule has 1 aromatic heterocycles. The lowest BCUT2D eigenvalue weighted by molar-refractivity contribution is -0.142. The minimum absolute atomic E-state index is 0.0214. The third-order valence-corrected chi connectivity index (χ3v) is 7.93. The molecule has 3 atom stereocenters. The lowest BCUT2D eigenvalue weighted by atomic mass is 9.72. The Kier molecular flexibility index (Phi) is 7.07. The number of carbonyl (C=O) groups excluding carboxylic acids is 3. The number of Topliss-reactive ketones (excluding diaryl/α,β-unsaturated/α-hetero) is 1. The van der Waals surface area contributed by atoms with Crippen molar-refractivity contribution in [3.63, 3.8) is 0 Å². The molecule has 1 aromatic carbocycles. The molecule has 2 aromatic rings. The van der Waals surface area contributed by atoms with E-state index in [2.05, 4.69) is 11.4 Å². The lowest BCUT2D eigenvalue weighted by Crippen LogP contribution is -2.36. The average molecular weight is 508 g/mol. The molecule has 3 aliphatic rings. The first-order chi connectivity index (χ1) is 17.4. The fourth-order valence-electron chi connectivity index (χ4n) is 5.28. The first-order valence-corrected chi connectivity index (χ1v) is 13.1. The van der Waals surface area contributed by atoms with Gasteiger partial charge in [0.2, 0.25) is 0 Å². The number of thiophene rings is 1. The van der Waals surface area contributed by atoms with E-state index in [0.717, 1.165) is 24.1 Å². The van der Waals surface area contributed by atoms with Crippen molar-refractivity contribution in [1.82, 2.24) is 5.32 Å². The van der Waals surface area contributed by atoms with Crippen LogP contribution >= 0.6 is 11.3 Å². The van der Waals surface area contributed by atoms with E-state index < -0.39 is 17.9 Å². The van der Waals surface area contributed by atoms with Gasteiger partial charge in [0.1, 0.15) is 12.4 Å². The predicted octanol–water partition coefficient (Wildman–Crippen LogP) is 4.76. The first kappa shape index (κ1) is 24.5. The van der Waals surface area contributed by atoms with Crippen molar-refractivity contribution in [1.29, 1.82) is 0 Å². The molecule has 1 aliphatic carbocycles. The van der Waals surface area contributed by atoms with Crippen LogP contribution in [0.5, 0.6) is 5.75 Å². The van der Waals surface area contributed by atoms with Crippen LogP contribution in [0.3, 0.4) is 0 Å². The molecule has 0 amide bonds. The van der Waals surface area contributed by atoms with Gasteiger partial charge in [-0.3, -0.25) is 9.59 Å². The number of hydrogen-bond donors (Lipinski definition) is 1. The van der Waals surface area contributed by atoms with Crippen molar-refractivity contribution < 1.29 is 28.6 Å². The minimum atomic E-state index is -0.568. The van der Waals surface area contributed by atoms with Gasteiger partial charge in [0.05, 0.1) is 11.7 Å². The Bertz CT molecular complexity index is 1220. The number of esters is 2. The number of hydrogen-bond acceptors (Lipinski definition) is 8. The molecular weight excluding hydrogens is 478 g/mol. The van der Waals surface area contributed by atoms with E-state index in [1.807, 2.05) is 18.4 Å². The number of carbonyl (C=O) groups is 3. The third-order valence-electron chi connectivity index (χ3n) is 6.89. The fourth-order valence-corrected chi connectivity index (χ4v) is 6.11. The van der Waals surface area contributed by atoms with Crippen molar-refractivity contribution in [3.8, 4) is 5.75 Å². The molecule has 7 nitrogen and oxygen atoms in total. The van der Waals surface area contributed by atoms with E-state index in [-0.39, 0.29) is 24.4 Å². The van der Waals surface area contributed by atoms with Crippen molar-refractivity contribution in [2.75, 3.05) is 13.2 Å². The molecule has 1 fully saturated rings. The maximum Gasteiger partial charge on any atom is 0.336 e. The molecule has 188 valence electrons. The molecule has 3 heterocycles. The van der Waals surface area contributed by atoms with Gasteiger partial charge in [-0.25, -0.2) is 4.79 Å². The average Bonchev–Trinajstić information content (AvgIpc) is 3.56. The van der Waals surface area contributed by atoms with Crippen LogP contribution in [0.4, 0.5) is 0 Å². The number of rotatable bonds is 6. The number of nitrogens with one attached hydrogen (secondary N) is 1. The maximum atomic E-state index is 13.6. The topological polar surface area (TPSA) is 90.9 Å². The highest BCUT2D eigenvalue weighted by atomic mass is 32.1. The van der Waals surface area contributed by atoms with Gasteiger partial charge in [0.15, 0.2) is 5.78 Å². The highest BCUT2D eigenvalue weighted by molar-refractivity contribution is 7.10. The lowest BCUT2D eigenvalue weighted by Gasteiger charge is -2.36. The van der Waals surface area contributed by atoms with E-state index in [0.29, 0.717) is 42.0 Å². The molecule has 0 unspecified atom stereocenters. The number of dihydropyridines is 1. The molecular formula is C28H29NO6S. The van der Waals surface area contributed by atoms with E-state index >= 15 is 0 Å². The van der Waals surface area contributed by atoms with Gasteiger partial charge in [0, 0.05) is 53.6 Å². The molecule has 5 rings (SSSR count). The highest BCUT2D eigenvalue weighted by Crippen LogP contribution is 2.46. The molecule has 0 bridgehead atoms. The van der Waals surface area contributed by atoms with Gasteiger partial charge in [-0.1, -0.05) is 18.2 Å². The van der Waals surface area contributed by atoms with E-state index in [9.17, 15) is 14.4 Å². The van der Waals surface area contributed by atoms with Gasteiger partial charge in [-0.05, 0) is 55.3 Å². The minimum Gasteiger partial charge on any atom is -0.459 e. The molecule has 2 aliphatic heterocycles. The van der Waals surface area contributed by atoms with Crippen LogP contribution in [0, 0.1) is 0 Å². The number of benzene rings is 1. The molecule has 36 heavy (non-hydrogen) atoms. The van der Waals surface area contributed by atoms with E-state index in [1.54, 1.807) is 35.6 Å². The van der Waals surface area contributed by atoms with Crippen LogP contribution in [-0.2, 0) is 23.9 Å². The standard InChI is InChI=1S/C28H29NO6S/c1-16-25(28(32)34-15-21-5-3-11-33-21)26(18-7-9-20(10-8-18)35-17(2)30)27-22(29-16)13-19(14-23(27)31)24-6-4-12-36-24/h4,6-10,12,19,21,26,29H,3,5,11,13-15H2,1-2H3/t19-,21+,26-/m1/s1. The monoisotopic (exact) mass is 507 g/mol. The predicted molar refractivity (Wildman–Crippen MR) is 135 cm³/mol. The Morgan fingerprint density at radius 1 is 1.17 bits per heavy atom. The number of ketones is 1. The smallest absolute Gasteiger partial charge is 0.336 e. The fraction of sp³-hybridized carbons (Fsp3) is 0.393. The van der Waals surface area contributed by atoms with E-state index in [4.69, 9.17) is 14.2 Å². The van der Waals surface area contributed by atoms with Gasteiger partial charge in [0.25, 0.3) is 0 Å². The largest absolute Gasteiger partial charge is 0.459 e. The summed E-state index contributed by atoms with van der Waals surface area (Å²) in [5.41, 5.74) is 3.34. The third kappa shape index (κ3) is 5.01. The van der Waals surface area contributed by atoms with Crippen LogP contribution in [-0.4, -0.2) is 37.0 Å². The normalized spacial score (nSPS) is 23.8. The second kappa shape index (κ2) is 10.4. The van der Waals surface area contributed by atoms with Crippen LogP contribution < -0.4 is 10.1 Å². The van der Waals surface area contributed by atoms with Gasteiger partial charge in [-0.15, -0.1) is 11.3 Å². The Morgan fingerprint density at radius 2 is 1.97 bits per heavy atom. The van der Waals surface area contributed by atoms with E-state index in [1.165, 1.54) is 11.8 Å². The summed E-state index contributed by atoms with van der Waals surface area (Å²) in [6, 6.07) is 11.1. The van der Waals surface area contributed by atoms with Crippen LogP contribution in [0.1, 0.15) is 61.8 Å². The van der Waals surface area contributed by atoms with Gasteiger partial charge >= 0.3 is 11.9 Å². The summed E-state index contributed by atoms with van der Waals surface area (Å²) in [5, 5.41) is 5.41. The highest BCUT2D eigenvalue weighted by Gasteiger charge is 2.41. The molecule has 0 spiro atoms. The van der Waals surface area contributed by atoms with Gasteiger partial charge in [-0.2, -0.15) is 0 Å². The Labute approximate surface area is 214 Å². The summed E-state index contributed by atoms with van der Waals surface area (Å²) in [6.45, 7) is 4.07. The summed E-state index contributed by atoms with van der Waals surface area (Å²) in [4.78, 5) is 39.6. The van der Waals surface area contributed by atoms with Crippen LogP contribution in [0.25, 0.3) is 0 Å². The Hall–Kier alpha value is -3.23. The second-order valence-corrected chi connectivity index (χ2v) is 10.4. The summed E-state index contributed by atoms with van der Waals surface area (Å²) >= 11 is 1.66. The maximum absolute atomic E-state index is 13.6. The summed E-state index contributed by atoms with van der Waals surface area (Å²) in [7, 11) is 0. The quantitative estimate of drug-likeness (QED) is 0.445. The summed E-state index contributed by atoms with van der Waals surface area (Å²) < 4.78 is 16.5. The first-order valence-electron chi connectivity index (χ1n) is 12.2. The SMILES string of the molecule is CC(=O)Oc1ccc([C@@H]2C(C(=O)OC[C@@H]3CCCO3)=C(C)NC3=C2C(=O)C[C@H](c2cccs2)C3)cc1. The molecule has 1 N–H and O–H groups in total. The molecule has 1 saturated heterocycles. The van der Waals surface area contributed by atoms with Crippen LogP contribution in [0.15, 0.2) is 64.3 Å². The summed E-state index contributed by atoms with van der Waals surface area (Å²) in [6.07, 6.45) is 2.81. The molecule has 0 saturated carbocycles. The zero-order valence-electron chi connectivity index (χ0n) is 20.4. The zero-order valence-corrected chi connectivity index (χ0v) is 21.2.